The molecule has 2 N–H and O–H groups in total. The third-order valence-electron chi connectivity index (χ3n) is 6.36. The second-order valence-corrected chi connectivity index (χ2v) is 8.84. The molecule has 0 radical (unpaired) electrons. The van der Waals surface area contributed by atoms with Gasteiger partial charge in [-0.3, -0.25) is 4.79 Å². The van der Waals surface area contributed by atoms with Gasteiger partial charge in [0.25, 0.3) is 5.91 Å². The number of aryl methyl sites for hydroxylation is 1. The summed E-state index contributed by atoms with van der Waals surface area (Å²) >= 11 is 0. The van der Waals surface area contributed by atoms with Gasteiger partial charge in [-0.1, -0.05) is 0 Å². The summed E-state index contributed by atoms with van der Waals surface area (Å²) in [6.45, 7) is 6.12. The number of piperidine rings is 2. The number of methoxy groups -OCH3 is 1. The predicted octanol–water partition coefficient (Wildman–Crippen LogP) is 3.35. The largest absolute Gasteiger partial charge is 0.495 e. The van der Waals surface area contributed by atoms with Crippen LogP contribution in [0.1, 0.15) is 48.0 Å². The Morgan fingerprint density at radius 3 is 2.59 bits per heavy atom. The number of carbonyl (C=O) groups excluding carboxylic acids is 1. The van der Waals surface area contributed by atoms with E-state index < -0.39 is 0 Å². The first-order chi connectivity index (χ1) is 15.5. The van der Waals surface area contributed by atoms with E-state index in [2.05, 4.69) is 32.5 Å². The fourth-order valence-corrected chi connectivity index (χ4v) is 4.40. The number of rotatable bonds is 6. The summed E-state index contributed by atoms with van der Waals surface area (Å²) in [7, 11) is 3.72. The lowest BCUT2D eigenvalue weighted by Gasteiger charge is -2.29. The van der Waals surface area contributed by atoms with Crippen molar-refractivity contribution in [2.45, 2.75) is 45.1 Å². The molecule has 2 aliphatic heterocycles. The van der Waals surface area contributed by atoms with Crippen LogP contribution in [0.15, 0.2) is 24.4 Å². The number of amides is 1. The minimum absolute atomic E-state index is 0.0663. The highest BCUT2D eigenvalue weighted by molar-refractivity contribution is 5.95. The average Bonchev–Trinajstić information content (AvgIpc) is 2.82. The van der Waals surface area contributed by atoms with Crippen molar-refractivity contribution >= 4 is 23.4 Å². The standard InChI is InChI=1S/C24H34N6O2/c1-17-16-25-24(28-22(17)30-11-5-4-6-12-30)27-20-8-7-18(15-21(20)32-3)23(31)26-19-9-13-29(2)14-10-19/h7-8,15-16,19H,4-6,9-14H2,1-3H3,(H,26,31)(H,25,27,28). The maximum Gasteiger partial charge on any atom is 0.251 e. The molecule has 3 heterocycles. The van der Waals surface area contributed by atoms with E-state index in [0.717, 1.165) is 56.1 Å². The number of nitrogens with one attached hydrogen (secondary N) is 2. The van der Waals surface area contributed by atoms with Gasteiger partial charge in [0.1, 0.15) is 11.6 Å². The Labute approximate surface area is 190 Å². The van der Waals surface area contributed by atoms with Crippen LogP contribution in [0.3, 0.4) is 0 Å². The van der Waals surface area contributed by atoms with Crippen molar-refractivity contribution in [3.05, 3.63) is 35.5 Å². The maximum absolute atomic E-state index is 12.8. The van der Waals surface area contributed by atoms with Gasteiger partial charge in [-0.15, -0.1) is 0 Å². The molecule has 2 fully saturated rings. The van der Waals surface area contributed by atoms with E-state index in [-0.39, 0.29) is 11.9 Å². The first kappa shape index (κ1) is 22.3. The van der Waals surface area contributed by atoms with Gasteiger partial charge in [0.05, 0.1) is 12.8 Å². The summed E-state index contributed by atoms with van der Waals surface area (Å²) in [5.41, 5.74) is 2.40. The molecular formula is C24H34N6O2. The highest BCUT2D eigenvalue weighted by Crippen LogP contribution is 2.29. The third-order valence-corrected chi connectivity index (χ3v) is 6.36. The monoisotopic (exact) mass is 438 g/mol. The van der Waals surface area contributed by atoms with Gasteiger partial charge in [0.15, 0.2) is 0 Å². The highest BCUT2D eigenvalue weighted by Gasteiger charge is 2.20. The van der Waals surface area contributed by atoms with Crippen molar-refractivity contribution in [2.75, 3.05) is 50.6 Å². The van der Waals surface area contributed by atoms with Gasteiger partial charge in [-0.2, -0.15) is 4.98 Å². The number of aromatic nitrogens is 2. The SMILES string of the molecule is COc1cc(C(=O)NC2CCN(C)CC2)ccc1Nc1ncc(C)c(N2CCCCC2)n1. The summed E-state index contributed by atoms with van der Waals surface area (Å²) < 4.78 is 5.57. The summed E-state index contributed by atoms with van der Waals surface area (Å²) in [4.78, 5) is 26.6. The van der Waals surface area contributed by atoms with Crippen LogP contribution in [0.5, 0.6) is 5.75 Å². The number of anilines is 3. The molecule has 0 spiro atoms. The lowest BCUT2D eigenvalue weighted by Crippen LogP contribution is -2.43. The smallest absolute Gasteiger partial charge is 0.251 e. The fourth-order valence-electron chi connectivity index (χ4n) is 4.40. The third kappa shape index (κ3) is 5.30. The van der Waals surface area contributed by atoms with E-state index in [0.29, 0.717) is 17.3 Å². The number of likely N-dealkylation sites (tertiary alicyclic amines) is 1. The number of benzene rings is 1. The van der Waals surface area contributed by atoms with Gasteiger partial charge < -0.3 is 25.2 Å². The fraction of sp³-hybridized carbons (Fsp3) is 0.542. The molecule has 172 valence electrons. The van der Waals surface area contributed by atoms with E-state index in [1.807, 2.05) is 25.3 Å². The van der Waals surface area contributed by atoms with Gasteiger partial charge in [-0.25, -0.2) is 4.98 Å². The van der Waals surface area contributed by atoms with E-state index in [1.54, 1.807) is 13.2 Å². The summed E-state index contributed by atoms with van der Waals surface area (Å²) in [5.74, 6) is 2.03. The number of hydrogen-bond donors (Lipinski definition) is 2. The molecule has 2 aliphatic rings. The van der Waals surface area contributed by atoms with Crippen LogP contribution < -0.4 is 20.3 Å². The topological polar surface area (TPSA) is 82.6 Å². The zero-order valence-electron chi connectivity index (χ0n) is 19.4. The van der Waals surface area contributed by atoms with Crippen molar-refractivity contribution in [2.24, 2.45) is 0 Å². The molecule has 1 amide bonds. The van der Waals surface area contributed by atoms with Crippen LogP contribution in [0.2, 0.25) is 0 Å². The maximum atomic E-state index is 12.8. The number of ether oxygens (including phenoxy) is 1. The predicted molar refractivity (Wildman–Crippen MR) is 127 cm³/mol. The highest BCUT2D eigenvalue weighted by atomic mass is 16.5. The van der Waals surface area contributed by atoms with Gasteiger partial charge >= 0.3 is 0 Å². The van der Waals surface area contributed by atoms with Crippen LogP contribution in [0, 0.1) is 6.92 Å². The van der Waals surface area contributed by atoms with Crippen molar-refractivity contribution in [3.63, 3.8) is 0 Å². The lowest BCUT2D eigenvalue weighted by atomic mass is 10.0. The Kier molecular flexibility index (Phi) is 7.09. The second-order valence-electron chi connectivity index (χ2n) is 8.84. The van der Waals surface area contributed by atoms with Crippen LogP contribution in [0.25, 0.3) is 0 Å². The molecule has 4 rings (SSSR count). The van der Waals surface area contributed by atoms with E-state index >= 15 is 0 Å². The molecule has 2 saturated heterocycles. The van der Waals surface area contributed by atoms with Crippen LogP contribution in [-0.4, -0.2) is 67.2 Å². The first-order valence-electron chi connectivity index (χ1n) is 11.6. The number of hydrogen-bond acceptors (Lipinski definition) is 7. The quantitative estimate of drug-likeness (QED) is 0.716. The zero-order chi connectivity index (χ0) is 22.5. The Morgan fingerprint density at radius 2 is 1.88 bits per heavy atom. The van der Waals surface area contributed by atoms with Gasteiger partial charge in [-0.05, 0) is 77.4 Å². The second kappa shape index (κ2) is 10.2. The van der Waals surface area contributed by atoms with Crippen molar-refractivity contribution < 1.29 is 9.53 Å². The molecule has 0 aliphatic carbocycles. The Bertz CT molecular complexity index is 936. The molecule has 1 aromatic carbocycles. The summed E-state index contributed by atoms with van der Waals surface area (Å²) in [6.07, 6.45) is 7.48. The Hall–Kier alpha value is -2.87. The molecule has 8 heteroatoms. The van der Waals surface area contributed by atoms with Gasteiger partial charge in [0.2, 0.25) is 5.95 Å². The van der Waals surface area contributed by atoms with E-state index in [4.69, 9.17) is 9.72 Å². The average molecular weight is 439 g/mol. The first-order valence-corrected chi connectivity index (χ1v) is 11.6. The molecule has 8 nitrogen and oxygen atoms in total. The molecule has 0 bridgehead atoms. The van der Waals surface area contributed by atoms with Crippen LogP contribution in [-0.2, 0) is 0 Å². The molecule has 0 saturated carbocycles. The van der Waals surface area contributed by atoms with Crippen molar-refractivity contribution in [3.8, 4) is 5.75 Å². The summed E-state index contributed by atoms with van der Waals surface area (Å²) in [6, 6.07) is 5.66. The van der Waals surface area contributed by atoms with Crippen molar-refractivity contribution in [1.29, 1.82) is 0 Å². The van der Waals surface area contributed by atoms with Crippen LogP contribution >= 0.6 is 0 Å². The minimum atomic E-state index is -0.0663. The molecule has 0 atom stereocenters. The molecular weight excluding hydrogens is 404 g/mol. The zero-order valence-corrected chi connectivity index (χ0v) is 19.4. The molecule has 2 aromatic rings. The van der Waals surface area contributed by atoms with Crippen LogP contribution in [0.4, 0.5) is 17.5 Å². The lowest BCUT2D eigenvalue weighted by molar-refractivity contribution is 0.0916. The molecule has 0 unspecified atom stereocenters. The van der Waals surface area contributed by atoms with Crippen molar-refractivity contribution in [1.82, 2.24) is 20.2 Å². The summed E-state index contributed by atoms with van der Waals surface area (Å²) in [5, 5.41) is 6.43. The minimum Gasteiger partial charge on any atom is -0.495 e. The number of carbonyl (C=O) groups is 1. The van der Waals surface area contributed by atoms with E-state index in [9.17, 15) is 4.79 Å². The number of nitrogens with zero attached hydrogens (tertiary/aromatic N) is 4. The normalized spacial score (nSPS) is 17.8. The Balaban J connectivity index is 1.47. The van der Waals surface area contributed by atoms with E-state index in [1.165, 1.54) is 19.3 Å². The Morgan fingerprint density at radius 1 is 1.12 bits per heavy atom. The molecule has 1 aromatic heterocycles. The van der Waals surface area contributed by atoms with Gasteiger partial charge in [0, 0.05) is 36.5 Å². The molecule has 32 heavy (non-hydrogen) atoms.